The molecule has 1 aromatic rings. The van der Waals surface area contributed by atoms with Gasteiger partial charge < -0.3 is 14.5 Å². The van der Waals surface area contributed by atoms with E-state index in [4.69, 9.17) is 4.74 Å². The molecular weight excluding hydrogens is 278 g/mol. The van der Waals surface area contributed by atoms with Crippen molar-refractivity contribution in [3.63, 3.8) is 0 Å². The van der Waals surface area contributed by atoms with E-state index < -0.39 is 17.5 Å². The van der Waals surface area contributed by atoms with Crippen LogP contribution in [0.25, 0.3) is 0 Å². The average Bonchev–Trinajstić information content (AvgIpc) is 2.43. The van der Waals surface area contributed by atoms with Crippen LogP contribution >= 0.6 is 0 Å². The van der Waals surface area contributed by atoms with Crippen molar-refractivity contribution in [1.82, 2.24) is 4.90 Å². The summed E-state index contributed by atoms with van der Waals surface area (Å²) in [5.74, 6) is -1.15. The number of carbonyl (C=O) groups is 2. The lowest BCUT2D eigenvalue weighted by atomic mass is 10.1. The molecule has 0 aliphatic carbocycles. The third-order valence-corrected chi connectivity index (χ3v) is 2.72. The Balaban J connectivity index is 2.94. The highest BCUT2D eigenvalue weighted by atomic mass is 16.6. The lowest BCUT2D eigenvalue weighted by Gasteiger charge is -2.13. The van der Waals surface area contributed by atoms with Crippen LogP contribution in [0.5, 0.6) is 0 Å². The lowest BCUT2D eigenvalue weighted by molar-refractivity contribution is -0.384. The number of carbonyl (C=O) groups excluding carboxylic acids is 2. The molecule has 21 heavy (non-hydrogen) atoms. The topological polar surface area (TPSA) is 93.0 Å². The fourth-order valence-electron chi connectivity index (χ4n) is 1.51. The number of nitro groups is 1. The number of ether oxygens (including phenoxy) is 1. The second kappa shape index (κ2) is 6.69. The van der Waals surface area contributed by atoms with Gasteiger partial charge in [-0.2, -0.15) is 0 Å². The molecule has 8 nitrogen and oxygen atoms in total. The third kappa shape index (κ3) is 4.16. The number of esters is 1. The molecule has 0 atom stereocenters. The first-order valence-corrected chi connectivity index (χ1v) is 6.07. The molecule has 0 spiro atoms. The number of rotatable bonds is 5. The predicted octanol–water partition coefficient (Wildman–Crippen LogP) is 0.906. The summed E-state index contributed by atoms with van der Waals surface area (Å²) in [6, 6.07) is 4.02. The molecule has 0 bridgehead atoms. The standard InChI is InChI=1S/C13H17N3O5/c1-14(2)10-6-5-9(7-11(10)16(19)20)13(18)21-8-12(17)15(3)4/h5-7H,8H2,1-4H3. The molecular formula is C13H17N3O5. The number of amides is 1. The minimum absolute atomic E-state index is 0.0267. The van der Waals surface area contributed by atoms with Gasteiger partial charge in [0.1, 0.15) is 5.69 Å². The van der Waals surface area contributed by atoms with Crippen LogP contribution in [0.2, 0.25) is 0 Å². The van der Waals surface area contributed by atoms with Gasteiger partial charge in [0.2, 0.25) is 0 Å². The van der Waals surface area contributed by atoms with Crippen molar-refractivity contribution in [3.8, 4) is 0 Å². The van der Waals surface area contributed by atoms with Crippen LogP contribution in [0.15, 0.2) is 18.2 Å². The Hall–Kier alpha value is -2.64. The Bertz CT molecular complexity index is 569. The lowest BCUT2D eigenvalue weighted by Crippen LogP contribution is -2.27. The minimum Gasteiger partial charge on any atom is -0.452 e. The molecule has 0 saturated heterocycles. The fourth-order valence-corrected chi connectivity index (χ4v) is 1.51. The number of benzene rings is 1. The van der Waals surface area contributed by atoms with E-state index in [1.807, 2.05) is 0 Å². The summed E-state index contributed by atoms with van der Waals surface area (Å²) in [6.45, 7) is -0.408. The van der Waals surface area contributed by atoms with Gasteiger partial charge in [-0.3, -0.25) is 14.9 Å². The molecule has 1 amide bonds. The number of hydrogen-bond acceptors (Lipinski definition) is 6. The zero-order chi connectivity index (χ0) is 16.2. The van der Waals surface area contributed by atoms with Gasteiger partial charge in [-0.05, 0) is 12.1 Å². The monoisotopic (exact) mass is 295 g/mol. The average molecular weight is 295 g/mol. The third-order valence-electron chi connectivity index (χ3n) is 2.72. The van der Waals surface area contributed by atoms with Gasteiger partial charge in [0, 0.05) is 34.3 Å². The number of hydrogen-bond donors (Lipinski definition) is 0. The summed E-state index contributed by atoms with van der Waals surface area (Å²) in [5, 5.41) is 11.0. The maximum atomic E-state index is 11.8. The summed E-state index contributed by atoms with van der Waals surface area (Å²) < 4.78 is 4.82. The molecule has 0 aromatic heterocycles. The summed E-state index contributed by atoms with van der Waals surface area (Å²) in [6.07, 6.45) is 0. The van der Waals surface area contributed by atoms with E-state index in [9.17, 15) is 19.7 Å². The van der Waals surface area contributed by atoms with Crippen molar-refractivity contribution < 1.29 is 19.2 Å². The maximum Gasteiger partial charge on any atom is 0.338 e. The van der Waals surface area contributed by atoms with Gasteiger partial charge >= 0.3 is 5.97 Å². The predicted molar refractivity (Wildman–Crippen MR) is 76.4 cm³/mol. The maximum absolute atomic E-state index is 11.8. The van der Waals surface area contributed by atoms with Gasteiger partial charge in [-0.15, -0.1) is 0 Å². The highest BCUT2D eigenvalue weighted by Gasteiger charge is 2.20. The SMILES string of the molecule is CN(C)C(=O)COC(=O)c1ccc(N(C)C)c([N+](=O)[O-])c1. The van der Waals surface area contributed by atoms with E-state index in [1.54, 1.807) is 19.0 Å². The van der Waals surface area contributed by atoms with Gasteiger partial charge in [0.15, 0.2) is 6.61 Å². The molecule has 0 fully saturated rings. The van der Waals surface area contributed by atoms with E-state index >= 15 is 0 Å². The molecule has 0 radical (unpaired) electrons. The molecule has 0 aliphatic rings. The summed E-state index contributed by atoms with van der Waals surface area (Å²) in [7, 11) is 6.39. The normalized spacial score (nSPS) is 9.90. The van der Waals surface area contributed by atoms with Crippen molar-refractivity contribution in [2.45, 2.75) is 0 Å². The zero-order valence-corrected chi connectivity index (χ0v) is 12.3. The fraction of sp³-hybridized carbons (Fsp3) is 0.385. The molecule has 0 aliphatic heterocycles. The van der Waals surface area contributed by atoms with Gasteiger partial charge in [0.25, 0.3) is 11.6 Å². The van der Waals surface area contributed by atoms with Crippen LogP contribution in [-0.4, -0.2) is 56.5 Å². The van der Waals surface area contributed by atoms with Crippen LogP contribution in [0, 0.1) is 10.1 Å². The van der Waals surface area contributed by atoms with Crippen molar-refractivity contribution >= 4 is 23.3 Å². The number of nitro benzene ring substituents is 1. The summed E-state index contributed by atoms with van der Waals surface area (Å²) >= 11 is 0. The Morgan fingerprint density at radius 3 is 2.33 bits per heavy atom. The van der Waals surface area contributed by atoms with E-state index in [0.29, 0.717) is 5.69 Å². The Morgan fingerprint density at radius 1 is 1.24 bits per heavy atom. The van der Waals surface area contributed by atoms with Crippen LogP contribution in [0.4, 0.5) is 11.4 Å². The first-order valence-electron chi connectivity index (χ1n) is 6.07. The first-order chi connectivity index (χ1) is 9.73. The van der Waals surface area contributed by atoms with E-state index in [0.717, 1.165) is 6.07 Å². The first kappa shape index (κ1) is 16.4. The summed E-state index contributed by atoms with van der Waals surface area (Å²) in [5.41, 5.74) is 0.202. The van der Waals surface area contributed by atoms with Crippen molar-refractivity contribution in [1.29, 1.82) is 0 Å². The highest BCUT2D eigenvalue weighted by Crippen LogP contribution is 2.27. The van der Waals surface area contributed by atoms with Gasteiger partial charge in [0.05, 0.1) is 10.5 Å². The van der Waals surface area contributed by atoms with E-state index in [2.05, 4.69) is 0 Å². The molecule has 1 rings (SSSR count). The minimum atomic E-state index is -0.779. The van der Waals surface area contributed by atoms with Gasteiger partial charge in [-0.1, -0.05) is 0 Å². The van der Waals surface area contributed by atoms with Gasteiger partial charge in [-0.25, -0.2) is 4.79 Å². The van der Waals surface area contributed by atoms with E-state index in [1.165, 1.54) is 31.1 Å². The quantitative estimate of drug-likeness (QED) is 0.455. The van der Waals surface area contributed by atoms with Crippen molar-refractivity contribution in [2.75, 3.05) is 39.7 Å². The Morgan fingerprint density at radius 2 is 1.86 bits per heavy atom. The zero-order valence-electron chi connectivity index (χ0n) is 12.3. The molecule has 114 valence electrons. The Kier molecular flexibility index (Phi) is 5.23. The molecule has 0 unspecified atom stereocenters. The highest BCUT2D eigenvalue weighted by molar-refractivity contribution is 5.93. The second-order valence-corrected chi connectivity index (χ2v) is 4.72. The van der Waals surface area contributed by atoms with E-state index in [-0.39, 0.29) is 17.2 Å². The number of likely N-dealkylation sites (N-methyl/N-ethyl adjacent to an activating group) is 1. The van der Waals surface area contributed by atoms with Crippen LogP contribution < -0.4 is 4.90 Å². The smallest absolute Gasteiger partial charge is 0.338 e. The van der Waals surface area contributed by atoms with Crippen molar-refractivity contribution in [3.05, 3.63) is 33.9 Å². The van der Waals surface area contributed by atoms with Crippen molar-refractivity contribution in [2.24, 2.45) is 0 Å². The molecule has 1 aromatic carbocycles. The molecule has 8 heteroatoms. The van der Waals surface area contributed by atoms with Crippen LogP contribution in [0.1, 0.15) is 10.4 Å². The molecule has 0 saturated carbocycles. The largest absolute Gasteiger partial charge is 0.452 e. The second-order valence-electron chi connectivity index (χ2n) is 4.72. The van der Waals surface area contributed by atoms with Crippen LogP contribution in [0.3, 0.4) is 0 Å². The van der Waals surface area contributed by atoms with Crippen LogP contribution in [-0.2, 0) is 9.53 Å². The summed E-state index contributed by atoms with van der Waals surface area (Å²) in [4.78, 5) is 36.4. The Labute approximate surface area is 122 Å². The number of anilines is 1. The molecule has 0 heterocycles. The number of nitrogens with zero attached hydrogens (tertiary/aromatic N) is 3. The molecule has 0 N–H and O–H groups in total.